The molecule has 7 heteroatoms. The van der Waals surface area contributed by atoms with Crippen molar-refractivity contribution in [1.82, 2.24) is 0 Å². The highest BCUT2D eigenvalue weighted by molar-refractivity contribution is 5.94. The lowest BCUT2D eigenvalue weighted by Crippen LogP contribution is -2.12. The second kappa shape index (κ2) is 9.50. The van der Waals surface area contributed by atoms with E-state index in [2.05, 4.69) is 10.1 Å². The van der Waals surface area contributed by atoms with Crippen molar-refractivity contribution in [3.63, 3.8) is 0 Å². The minimum absolute atomic E-state index is 0.0120. The van der Waals surface area contributed by atoms with Gasteiger partial charge in [0.25, 0.3) is 0 Å². The maximum Gasteiger partial charge on any atom is 0.387 e. The first-order chi connectivity index (χ1) is 12.4. The van der Waals surface area contributed by atoms with Crippen molar-refractivity contribution in [3.8, 4) is 11.5 Å². The zero-order valence-electron chi connectivity index (χ0n) is 14.2. The fourth-order valence-corrected chi connectivity index (χ4v) is 2.15. The summed E-state index contributed by atoms with van der Waals surface area (Å²) in [7, 11) is 0. The smallest absolute Gasteiger partial charge is 0.387 e. The minimum atomic E-state index is -2.88. The Morgan fingerprint density at radius 1 is 1.00 bits per heavy atom. The van der Waals surface area contributed by atoms with Gasteiger partial charge >= 0.3 is 6.61 Å². The third-order valence-corrected chi connectivity index (χ3v) is 3.44. The number of Topliss-reactive ketones (excluding diaryl/α,β-unsaturated/α-hetero) is 1. The van der Waals surface area contributed by atoms with E-state index in [9.17, 15) is 18.4 Å². The Morgan fingerprint density at radius 3 is 2.19 bits per heavy atom. The molecule has 0 saturated heterocycles. The molecule has 0 radical (unpaired) electrons. The van der Waals surface area contributed by atoms with Gasteiger partial charge in [0.05, 0.1) is 6.61 Å². The number of alkyl halides is 2. The fraction of sp³-hybridized carbons (Fsp3) is 0.263. The zero-order chi connectivity index (χ0) is 18.9. The number of ether oxygens (including phenoxy) is 2. The van der Waals surface area contributed by atoms with Gasteiger partial charge in [-0.05, 0) is 61.9 Å². The summed E-state index contributed by atoms with van der Waals surface area (Å²) >= 11 is 0. The van der Waals surface area contributed by atoms with E-state index in [1.165, 1.54) is 31.2 Å². The summed E-state index contributed by atoms with van der Waals surface area (Å²) < 4.78 is 33.9. The van der Waals surface area contributed by atoms with Crippen LogP contribution in [0.25, 0.3) is 0 Å². The van der Waals surface area contributed by atoms with Crippen molar-refractivity contribution in [3.05, 3.63) is 54.1 Å². The number of halogens is 2. The fourth-order valence-electron chi connectivity index (χ4n) is 2.15. The Morgan fingerprint density at radius 2 is 1.62 bits per heavy atom. The molecule has 0 aromatic heterocycles. The molecule has 138 valence electrons. The molecule has 2 aromatic rings. The van der Waals surface area contributed by atoms with Gasteiger partial charge in [0.1, 0.15) is 11.5 Å². The molecule has 0 atom stereocenters. The average Bonchev–Trinajstić information content (AvgIpc) is 2.60. The van der Waals surface area contributed by atoms with Crippen LogP contribution in [0.3, 0.4) is 0 Å². The van der Waals surface area contributed by atoms with Gasteiger partial charge in [0.2, 0.25) is 5.91 Å². The van der Waals surface area contributed by atoms with Crippen molar-refractivity contribution in [2.45, 2.75) is 26.4 Å². The number of carbonyl (C=O) groups is 2. The third-order valence-electron chi connectivity index (χ3n) is 3.44. The number of benzene rings is 2. The van der Waals surface area contributed by atoms with Crippen molar-refractivity contribution < 1.29 is 27.8 Å². The molecule has 0 fully saturated rings. The van der Waals surface area contributed by atoms with Gasteiger partial charge in [-0.2, -0.15) is 8.78 Å². The Kier molecular flexibility index (Phi) is 7.08. The summed E-state index contributed by atoms with van der Waals surface area (Å²) in [6.07, 6.45) is 0.758. The highest BCUT2D eigenvalue weighted by Gasteiger charge is 2.06. The van der Waals surface area contributed by atoms with E-state index < -0.39 is 6.61 Å². The summed E-state index contributed by atoms with van der Waals surface area (Å²) in [5.74, 6) is 0.442. The van der Waals surface area contributed by atoms with E-state index in [-0.39, 0.29) is 23.9 Å². The molecule has 2 aromatic carbocycles. The summed E-state index contributed by atoms with van der Waals surface area (Å²) in [5.41, 5.74) is 1.11. The normalized spacial score (nSPS) is 10.5. The molecule has 0 saturated carbocycles. The highest BCUT2D eigenvalue weighted by Crippen LogP contribution is 2.18. The summed E-state index contributed by atoms with van der Waals surface area (Å²) in [6.45, 7) is -1.03. The van der Waals surface area contributed by atoms with Gasteiger partial charge in [-0.15, -0.1) is 0 Å². The Hall–Kier alpha value is -2.96. The lowest BCUT2D eigenvalue weighted by atomic mass is 10.1. The van der Waals surface area contributed by atoms with Crippen LogP contribution in [0.1, 0.15) is 30.1 Å². The summed E-state index contributed by atoms with van der Waals surface area (Å²) in [6, 6.07) is 12.5. The monoisotopic (exact) mass is 363 g/mol. The van der Waals surface area contributed by atoms with Crippen LogP contribution in [0.5, 0.6) is 11.5 Å². The second-order valence-electron chi connectivity index (χ2n) is 5.48. The molecule has 0 aliphatic rings. The van der Waals surface area contributed by atoms with E-state index in [1.807, 2.05) is 0 Å². The number of hydrogen-bond acceptors (Lipinski definition) is 4. The van der Waals surface area contributed by atoms with E-state index >= 15 is 0 Å². The molecule has 0 aliphatic heterocycles. The lowest BCUT2D eigenvalue weighted by Gasteiger charge is -2.08. The first-order valence-corrected chi connectivity index (χ1v) is 8.02. The van der Waals surface area contributed by atoms with Crippen LogP contribution in [0.2, 0.25) is 0 Å². The standard InChI is InChI=1S/C19H19F2NO4/c1-13(23)14-4-8-16(9-5-14)25-12-2-3-18(24)22-15-6-10-17(11-7-15)26-19(20)21/h4-11,19H,2-3,12H2,1H3,(H,22,24). The van der Waals surface area contributed by atoms with Crippen LogP contribution in [-0.2, 0) is 4.79 Å². The van der Waals surface area contributed by atoms with E-state index in [4.69, 9.17) is 4.74 Å². The SMILES string of the molecule is CC(=O)c1ccc(OCCCC(=O)Nc2ccc(OC(F)F)cc2)cc1. The van der Waals surface area contributed by atoms with Crippen LogP contribution in [0.4, 0.5) is 14.5 Å². The van der Waals surface area contributed by atoms with Crippen LogP contribution in [0.15, 0.2) is 48.5 Å². The van der Waals surface area contributed by atoms with Crippen LogP contribution < -0.4 is 14.8 Å². The number of amides is 1. The number of carbonyl (C=O) groups excluding carboxylic acids is 2. The number of anilines is 1. The van der Waals surface area contributed by atoms with Crippen molar-refractivity contribution in [1.29, 1.82) is 0 Å². The summed E-state index contributed by atoms with van der Waals surface area (Å²) in [4.78, 5) is 23.0. The molecule has 2 rings (SSSR count). The molecule has 5 nitrogen and oxygen atoms in total. The lowest BCUT2D eigenvalue weighted by molar-refractivity contribution is -0.116. The van der Waals surface area contributed by atoms with Crippen LogP contribution >= 0.6 is 0 Å². The van der Waals surface area contributed by atoms with Gasteiger partial charge in [-0.3, -0.25) is 9.59 Å². The molecule has 0 unspecified atom stereocenters. The number of ketones is 1. The molecule has 1 amide bonds. The number of nitrogens with one attached hydrogen (secondary N) is 1. The molecule has 1 N–H and O–H groups in total. The predicted molar refractivity (Wildman–Crippen MR) is 92.9 cm³/mol. The maximum atomic E-state index is 12.1. The van der Waals surface area contributed by atoms with Crippen LogP contribution in [-0.4, -0.2) is 24.9 Å². The molecular weight excluding hydrogens is 344 g/mol. The van der Waals surface area contributed by atoms with Gasteiger partial charge in [0.15, 0.2) is 5.78 Å². The van der Waals surface area contributed by atoms with Crippen LogP contribution in [0, 0.1) is 0 Å². The van der Waals surface area contributed by atoms with Crippen molar-refractivity contribution in [2.24, 2.45) is 0 Å². The molecule has 0 aliphatic carbocycles. The molecular formula is C19H19F2NO4. The van der Waals surface area contributed by atoms with Crippen molar-refractivity contribution in [2.75, 3.05) is 11.9 Å². The van der Waals surface area contributed by atoms with Crippen molar-refractivity contribution >= 4 is 17.4 Å². The molecule has 0 heterocycles. The quantitative estimate of drug-likeness (QED) is 0.533. The van der Waals surface area contributed by atoms with Gasteiger partial charge in [-0.1, -0.05) is 0 Å². The highest BCUT2D eigenvalue weighted by atomic mass is 19.3. The number of rotatable bonds is 9. The van der Waals surface area contributed by atoms with E-state index in [0.717, 1.165) is 0 Å². The maximum absolute atomic E-state index is 12.1. The molecule has 0 spiro atoms. The average molecular weight is 363 g/mol. The Bertz CT molecular complexity index is 730. The zero-order valence-corrected chi connectivity index (χ0v) is 14.2. The third kappa shape index (κ3) is 6.51. The Balaban J connectivity index is 1.69. The summed E-state index contributed by atoms with van der Waals surface area (Å²) in [5, 5.41) is 2.67. The van der Waals surface area contributed by atoms with Gasteiger partial charge in [-0.25, -0.2) is 0 Å². The van der Waals surface area contributed by atoms with Gasteiger partial charge in [0, 0.05) is 17.7 Å². The first kappa shape index (κ1) is 19.4. The first-order valence-electron chi connectivity index (χ1n) is 8.02. The van der Waals surface area contributed by atoms with E-state index in [0.29, 0.717) is 30.0 Å². The largest absolute Gasteiger partial charge is 0.494 e. The molecule has 26 heavy (non-hydrogen) atoms. The Labute approximate surface area is 149 Å². The van der Waals surface area contributed by atoms with E-state index in [1.54, 1.807) is 24.3 Å². The minimum Gasteiger partial charge on any atom is -0.494 e. The topological polar surface area (TPSA) is 64.6 Å². The number of hydrogen-bond donors (Lipinski definition) is 1. The van der Waals surface area contributed by atoms with Gasteiger partial charge < -0.3 is 14.8 Å². The predicted octanol–water partition coefficient (Wildman–Crippen LogP) is 4.29. The second-order valence-corrected chi connectivity index (χ2v) is 5.48. The molecule has 0 bridgehead atoms.